The van der Waals surface area contributed by atoms with Crippen LogP contribution in [0.2, 0.25) is 0 Å². The predicted molar refractivity (Wildman–Crippen MR) is 83.4 cm³/mol. The number of carbonyl (C=O) groups excluding carboxylic acids is 1. The molecule has 1 saturated heterocycles. The van der Waals surface area contributed by atoms with Gasteiger partial charge in [0.15, 0.2) is 0 Å². The van der Waals surface area contributed by atoms with E-state index in [1.54, 1.807) is 0 Å². The highest BCUT2D eigenvalue weighted by molar-refractivity contribution is 5.85. The fourth-order valence-corrected chi connectivity index (χ4v) is 2.71. The zero-order valence-corrected chi connectivity index (χ0v) is 12.7. The van der Waals surface area contributed by atoms with Crippen LogP contribution in [-0.4, -0.2) is 29.4 Å². The van der Waals surface area contributed by atoms with E-state index in [9.17, 15) is 4.79 Å². The van der Waals surface area contributed by atoms with E-state index in [2.05, 4.69) is 13.2 Å². The van der Waals surface area contributed by atoms with Crippen molar-refractivity contribution in [2.45, 2.75) is 51.1 Å². The number of rotatable bonds is 6. The maximum Gasteiger partial charge on any atom is 0.226 e. The van der Waals surface area contributed by atoms with Crippen molar-refractivity contribution < 1.29 is 4.79 Å². The second-order valence-electron chi connectivity index (χ2n) is 5.20. The van der Waals surface area contributed by atoms with Crippen LogP contribution in [0.25, 0.3) is 0 Å². The highest BCUT2D eigenvalue weighted by Crippen LogP contribution is 2.23. The van der Waals surface area contributed by atoms with Crippen molar-refractivity contribution in [1.82, 2.24) is 4.90 Å². The second-order valence-corrected chi connectivity index (χ2v) is 5.20. The van der Waals surface area contributed by atoms with Crippen molar-refractivity contribution in [3.8, 4) is 0 Å². The van der Waals surface area contributed by atoms with Crippen molar-refractivity contribution in [3.05, 3.63) is 25.3 Å². The number of amides is 1. The van der Waals surface area contributed by atoms with Crippen molar-refractivity contribution in [1.29, 1.82) is 0 Å². The summed E-state index contributed by atoms with van der Waals surface area (Å²) in [7, 11) is 0. The van der Waals surface area contributed by atoms with E-state index in [4.69, 9.17) is 5.73 Å². The van der Waals surface area contributed by atoms with Gasteiger partial charge in [0.05, 0.1) is 0 Å². The lowest BCUT2D eigenvalue weighted by atomic mass is 9.92. The number of piperidine rings is 1. The van der Waals surface area contributed by atoms with Gasteiger partial charge in [0, 0.05) is 24.5 Å². The summed E-state index contributed by atoms with van der Waals surface area (Å²) in [4.78, 5) is 14.6. The van der Waals surface area contributed by atoms with E-state index in [1.165, 1.54) is 6.42 Å². The standard InChI is InChI=1S/C15H26N2O.ClH/c1-4-8-13(9-5-2)15(18)17-11-7-6-10-14(17)12(3)16;/h4-5,12-14H,1-2,6-11,16H2,3H3;1H. The first-order valence-corrected chi connectivity index (χ1v) is 6.89. The fourth-order valence-electron chi connectivity index (χ4n) is 2.71. The van der Waals surface area contributed by atoms with Gasteiger partial charge in [-0.25, -0.2) is 0 Å². The summed E-state index contributed by atoms with van der Waals surface area (Å²) in [5.41, 5.74) is 6.01. The van der Waals surface area contributed by atoms with Crippen LogP contribution < -0.4 is 5.73 Å². The summed E-state index contributed by atoms with van der Waals surface area (Å²) in [5, 5.41) is 0. The Labute approximate surface area is 123 Å². The molecule has 0 aliphatic carbocycles. The van der Waals surface area contributed by atoms with Crippen LogP contribution in [-0.2, 0) is 4.79 Å². The molecule has 0 radical (unpaired) electrons. The van der Waals surface area contributed by atoms with Crippen LogP contribution in [0.5, 0.6) is 0 Å². The molecule has 0 spiro atoms. The Hall–Kier alpha value is -0.800. The minimum atomic E-state index is -0.0145. The van der Waals surface area contributed by atoms with Crippen LogP contribution in [0.4, 0.5) is 0 Å². The summed E-state index contributed by atoms with van der Waals surface area (Å²) in [6, 6.07) is 0.241. The Balaban J connectivity index is 0.00000324. The van der Waals surface area contributed by atoms with Crippen molar-refractivity contribution >= 4 is 18.3 Å². The largest absolute Gasteiger partial charge is 0.338 e. The van der Waals surface area contributed by atoms with Gasteiger partial charge in [-0.15, -0.1) is 25.6 Å². The zero-order chi connectivity index (χ0) is 13.5. The minimum Gasteiger partial charge on any atom is -0.338 e. The number of nitrogens with two attached hydrogens (primary N) is 1. The molecular weight excluding hydrogens is 260 g/mol. The number of carbonyl (C=O) groups is 1. The highest BCUT2D eigenvalue weighted by Gasteiger charge is 2.32. The SMILES string of the molecule is C=CCC(CC=C)C(=O)N1CCCCC1C(C)N.Cl. The van der Waals surface area contributed by atoms with E-state index >= 15 is 0 Å². The molecule has 4 heteroatoms. The Bertz CT molecular complexity index is 295. The normalized spacial score (nSPS) is 20.6. The number of halogens is 1. The molecule has 3 nitrogen and oxygen atoms in total. The van der Waals surface area contributed by atoms with Crippen molar-refractivity contribution in [2.75, 3.05) is 6.54 Å². The van der Waals surface area contributed by atoms with Crippen LogP contribution in [0.1, 0.15) is 39.0 Å². The molecule has 19 heavy (non-hydrogen) atoms. The Morgan fingerprint density at radius 2 is 1.95 bits per heavy atom. The molecule has 0 bridgehead atoms. The molecule has 1 fully saturated rings. The van der Waals surface area contributed by atoms with E-state index in [0.717, 1.165) is 19.4 Å². The molecule has 0 aromatic rings. The lowest BCUT2D eigenvalue weighted by Gasteiger charge is -2.39. The number of nitrogens with zero attached hydrogens (tertiary/aromatic N) is 1. The molecule has 110 valence electrons. The van der Waals surface area contributed by atoms with Gasteiger partial charge in [0.2, 0.25) is 5.91 Å². The van der Waals surface area contributed by atoms with Gasteiger partial charge in [0.25, 0.3) is 0 Å². The summed E-state index contributed by atoms with van der Waals surface area (Å²) >= 11 is 0. The highest BCUT2D eigenvalue weighted by atomic mass is 35.5. The Morgan fingerprint density at radius 3 is 2.42 bits per heavy atom. The zero-order valence-electron chi connectivity index (χ0n) is 11.9. The molecule has 1 aliphatic rings. The number of hydrogen-bond acceptors (Lipinski definition) is 2. The summed E-state index contributed by atoms with van der Waals surface area (Å²) in [5.74, 6) is 0.205. The number of allylic oxidation sites excluding steroid dienone is 2. The topological polar surface area (TPSA) is 46.3 Å². The van der Waals surface area contributed by atoms with Gasteiger partial charge in [-0.3, -0.25) is 4.79 Å². The summed E-state index contributed by atoms with van der Waals surface area (Å²) in [6.07, 6.45) is 8.35. The van der Waals surface area contributed by atoms with Crippen molar-refractivity contribution in [2.24, 2.45) is 11.7 Å². The average molecular weight is 287 g/mol. The van der Waals surface area contributed by atoms with E-state index in [1.807, 2.05) is 24.0 Å². The first kappa shape index (κ1) is 18.2. The number of likely N-dealkylation sites (tertiary alicyclic amines) is 1. The molecule has 0 aromatic heterocycles. The van der Waals surface area contributed by atoms with Gasteiger partial charge >= 0.3 is 0 Å². The Morgan fingerprint density at radius 1 is 1.37 bits per heavy atom. The van der Waals surface area contributed by atoms with Gasteiger partial charge in [0.1, 0.15) is 0 Å². The van der Waals surface area contributed by atoms with Gasteiger partial charge < -0.3 is 10.6 Å². The third-order valence-corrected chi connectivity index (χ3v) is 3.69. The smallest absolute Gasteiger partial charge is 0.226 e. The molecule has 2 atom stereocenters. The van der Waals surface area contributed by atoms with Gasteiger partial charge in [-0.05, 0) is 39.0 Å². The third-order valence-electron chi connectivity index (χ3n) is 3.69. The molecule has 0 saturated carbocycles. The number of hydrogen-bond donors (Lipinski definition) is 1. The first-order chi connectivity index (χ1) is 8.61. The molecule has 1 heterocycles. The molecule has 2 unspecified atom stereocenters. The second kappa shape index (κ2) is 9.16. The predicted octanol–water partition coefficient (Wildman–Crippen LogP) is 2.90. The van der Waals surface area contributed by atoms with E-state index in [-0.39, 0.29) is 36.3 Å². The average Bonchev–Trinajstić information content (AvgIpc) is 2.37. The molecule has 1 rings (SSSR count). The molecule has 2 N–H and O–H groups in total. The lowest BCUT2D eigenvalue weighted by molar-refractivity contribution is -0.139. The summed E-state index contributed by atoms with van der Waals surface area (Å²) in [6.45, 7) is 10.3. The minimum absolute atomic E-state index is 0. The third kappa shape index (κ3) is 5.00. The van der Waals surface area contributed by atoms with Crippen LogP contribution in [0.3, 0.4) is 0 Å². The molecule has 1 aliphatic heterocycles. The van der Waals surface area contributed by atoms with Crippen molar-refractivity contribution in [3.63, 3.8) is 0 Å². The monoisotopic (exact) mass is 286 g/mol. The van der Waals surface area contributed by atoms with E-state index in [0.29, 0.717) is 12.8 Å². The van der Waals surface area contributed by atoms with Crippen LogP contribution >= 0.6 is 12.4 Å². The molecule has 1 amide bonds. The fraction of sp³-hybridized carbons (Fsp3) is 0.667. The quantitative estimate of drug-likeness (QED) is 0.763. The Kier molecular flexibility index (Phi) is 8.77. The lowest BCUT2D eigenvalue weighted by Crippen LogP contribution is -2.53. The van der Waals surface area contributed by atoms with Gasteiger partial charge in [-0.2, -0.15) is 0 Å². The van der Waals surface area contributed by atoms with Gasteiger partial charge in [-0.1, -0.05) is 12.2 Å². The van der Waals surface area contributed by atoms with Crippen LogP contribution in [0, 0.1) is 5.92 Å². The molecule has 0 aromatic carbocycles. The maximum atomic E-state index is 12.6. The van der Waals surface area contributed by atoms with Crippen LogP contribution in [0.15, 0.2) is 25.3 Å². The maximum absolute atomic E-state index is 12.6. The molecular formula is C15H27ClN2O. The first-order valence-electron chi connectivity index (χ1n) is 6.89. The summed E-state index contributed by atoms with van der Waals surface area (Å²) < 4.78 is 0. The van der Waals surface area contributed by atoms with E-state index < -0.39 is 0 Å².